The number of hydrogen-bond donors (Lipinski definition) is 3. The third-order valence-corrected chi connectivity index (χ3v) is 5.55. The fourth-order valence-electron chi connectivity index (χ4n) is 3.38. The molecule has 6 heteroatoms. The smallest absolute Gasteiger partial charge is 0.266 e. The number of phenolic OH excluding ortho intramolecular Hbond substituents is 1. The number of benzene rings is 1. The zero-order chi connectivity index (χ0) is 18.3. The second-order valence-corrected chi connectivity index (χ2v) is 7.30. The molecule has 5 nitrogen and oxygen atoms in total. The van der Waals surface area contributed by atoms with Crippen molar-refractivity contribution >= 4 is 32.3 Å². The molecule has 0 saturated heterocycles. The van der Waals surface area contributed by atoms with E-state index in [1.54, 1.807) is 12.3 Å². The SMILES string of the molecule is Cc1cc(O)c(-c2ccc(CCCN)nc2)c2c1[nH]c(=O)c1sccc12. The van der Waals surface area contributed by atoms with Crippen molar-refractivity contribution in [2.24, 2.45) is 5.73 Å². The molecule has 0 bridgehead atoms. The van der Waals surface area contributed by atoms with Crippen LogP contribution >= 0.6 is 11.3 Å². The highest BCUT2D eigenvalue weighted by molar-refractivity contribution is 7.17. The Morgan fingerprint density at radius 3 is 2.88 bits per heavy atom. The number of phenols is 1. The molecule has 0 saturated carbocycles. The van der Waals surface area contributed by atoms with Gasteiger partial charge < -0.3 is 15.8 Å². The number of hydrogen-bond acceptors (Lipinski definition) is 5. The molecule has 3 aromatic heterocycles. The Morgan fingerprint density at radius 1 is 1.31 bits per heavy atom. The summed E-state index contributed by atoms with van der Waals surface area (Å²) in [5, 5.41) is 14.3. The van der Waals surface area contributed by atoms with E-state index in [1.807, 2.05) is 30.5 Å². The Balaban J connectivity index is 2.00. The first-order valence-electron chi connectivity index (χ1n) is 8.51. The molecular formula is C20H19N3O2S. The van der Waals surface area contributed by atoms with Gasteiger partial charge in [0.05, 0.1) is 5.52 Å². The van der Waals surface area contributed by atoms with E-state index in [0.29, 0.717) is 16.8 Å². The van der Waals surface area contributed by atoms with Crippen molar-refractivity contribution < 1.29 is 5.11 Å². The monoisotopic (exact) mass is 365 g/mol. The van der Waals surface area contributed by atoms with Crippen molar-refractivity contribution in [2.75, 3.05) is 6.54 Å². The first kappa shape index (κ1) is 16.8. The number of nitrogens with two attached hydrogens (primary N) is 1. The number of fused-ring (bicyclic) bond motifs is 3. The van der Waals surface area contributed by atoms with Gasteiger partial charge in [0.2, 0.25) is 0 Å². The minimum absolute atomic E-state index is 0.0995. The minimum Gasteiger partial charge on any atom is -0.507 e. The molecule has 0 aliphatic carbocycles. The normalized spacial score (nSPS) is 11.5. The molecular weight excluding hydrogens is 346 g/mol. The zero-order valence-corrected chi connectivity index (χ0v) is 15.2. The molecule has 0 atom stereocenters. The predicted molar refractivity (Wildman–Crippen MR) is 107 cm³/mol. The molecule has 132 valence electrons. The largest absolute Gasteiger partial charge is 0.507 e. The molecule has 0 spiro atoms. The van der Waals surface area contributed by atoms with Crippen molar-refractivity contribution in [1.29, 1.82) is 0 Å². The van der Waals surface area contributed by atoms with Gasteiger partial charge in [-0.15, -0.1) is 11.3 Å². The Hall–Kier alpha value is -2.70. The van der Waals surface area contributed by atoms with Crippen molar-refractivity contribution in [3.63, 3.8) is 0 Å². The van der Waals surface area contributed by atoms with Crippen LogP contribution in [0.15, 0.2) is 40.6 Å². The van der Waals surface area contributed by atoms with Gasteiger partial charge in [-0.3, -0.25) is 9.78 Å². The molecule has 0 unspecified atom stereocenters. The standard InChI is InChI=1S/C20H19N3O2S/c1-11-9-15(24)16(12-4-5-13(22-10-12)3-2-7-21)17-14-6-8-26-19(14)20(25)23-18(11)17/h4-6,8-10,24H,2-3,7,21H2,1H3,(H,23,25). The van der Waals surface area contributed by atoms with Crippen molar-refractivity contribution in [3.8, 4) is 16.9 Å². The maximum absolute atomic E-state index is 12.4. The summed E-state index contributed by atoms with van der Waals surface area (Å²) in [6.45, 7) is 2.52. The minimum atomic E-state index is -0.0995. The van der Waals surface area contributed by atoms with Crippen LogP contribution in [0.4, 0.5) is 0 Å². The van der Waals surface area contributed by atoms with Gasteiger partial charge in [0.25, 0.3) is 5.56 Å². The van der Waals surface area contributed by atoms with E-state index >= 15 is 0 Å². The summed E-state index contributed by atoms with van der Waals surface area (Å²) < 4.78 is 0.663. The van der Waals surface area contributed by atoms with Gasteiger partial charge in [0, 0.05) is 33.8 Å². The maximum Gasteiger partial charge on any atom is 0.266 e. The Morgan fingerprint density at radius 2 is 2.15 bits per heavy atom. The molecule has 4 rings (SSSR count). The van der Waals surface area contributed by atoms with Crippen LogP contribution in [0.1, 0.15) is 17.7 Å². The lowest BCUT2D eigenvalue weighted by Crippen LogP contribution is -2.06. The number of nitrogens with one attached hydrogen (secondary N) is 1. The van der Waals surface area contributed by atoms with Crippen LogP contribution in [-0.4, -0.2) is 21.6 Å². The molecule has 0 radical (unpaired) electrons. The number of nitrogens with zero attached hydrogens (tertiary/aromatic N) is 1. The van der Waals surface area contributed by atoms with Crippen LogP contribution in [0.2, 0.25) is 0 Å². The Bertz CT molecular complexity index is 1160. The van der Waals surface area contributed by atoms with Gasteiger partial charge in [-0.25, -0.2) is 0 Å². The van der Waals surface area contributed by atoms with E-state index in [2.05, 4.69) is 9.97 Å². The first-order valence-corrected chi connectivity index (χ1v) is 9.39. The molecule has 1 aromatic carbocycles. The third kappa shape index (κ3) is 2.67. The number of thiophene rings is 1. The lowest BCUT2D eigenvalue weighted by molar-refractivity contribution is 0.477. The van der Waals surface area contributed by atoms with Crippen molar-refractivity contribution in [2.45, 2.75) is 19.8 Å². The average Bonchev–Trinajstić information content (AvgIpc) is 3.12. The van der Waals surface area contributed by atoms with E-state index in [0.717, 1.165) is 46.0 Å². The van der Waals surface area contributed by atoms with Gasteiger partial charge in [-0.2, -0.15) is 0 Å². The van der Waals surface area contributed by atoms with Crippen molar-refractivity contribution in [1.82, 2.24) is 9.97 Å². The number of aromatic nitrogens is 2. The number of H-pyrrole nitrogens is 1. The second kappa shape index (κ2) is 6.55. The number of pyridine rings is 2. The van der Waals surface area contributed by atoms with Crippen LogP contribution in [0, 0.1) is 6.92 Å². The Kier molecular flexibility index (Phi) is 4.22. The summed E-state index contributed by atoms with van der Waals surface area (Å²) >= 11 is 1.40. The highest BCUT2D eigenvalue weighted by atomic mass is 32.1. The molecule has 4 N–H and O–H groups in total. The lowest BCUT2D eigenvalue weighted by atomic mass is 9.96. The van der Waals surface area contributed by atoms with Gasteiger partial charge in [-0.1, -0.05) is 6.07 Å². The topological polar surface area (TPSA) is 92.0 Å². The third-order valence-electron chi connectivity index (χ3n) is 4.63. The van der Waals surface area contributed by atoms with Crippen molar-refractivity contribution in [3.05, 3.63) is 57.5 Å². The highest BCUT2D eigenvalue weighted by Crippen LogP contribution is 2.40. The average molecular weight is 365 g/mol. The van der Waals surface area contributed by atoms with E-state index in [4.69, 9.17) is 5.73 Å². The highest BCUT2D eigenvalue weighted by Gasteiger charge is 2.17. The zero-order valence-electron chi connectivity index (χ0n) is 14.4. The number of aryl methyl sites for hydroxylation is 2. The molecule has 0 fully saturated rings. The molecule has 4 aromatic rings. The number of rotatable bonds is 4. The fraction of sp³-hybridized carbons (Fsp3) is 0.200. The van der Waals surface area contributed by atoms with E-state index in [1.165, 1.54) is 11.3 Å². The summed E-state index contributed by atoms with van der Waals surface area (Å²) in [5.41, 5.74) is 9.54. The maximum atomic E-state index is 12.4. The van der Waals surface area contributed by atoms with Gasteiger partial charge >= 0.3 is 0 Å². The van der Waals surface area contributed by atoms with Crippen LogP contribution in [0.5, 0.6) is 5.75 Å². The molecule has 3 heterocycles. The van der Waals surface area contributed by atoms with Crippen LogP contribution < -0.4 is 11.3 Å². The van der Waals surface area contributed by atoms with E-state index in [-0.39, 0.29) is 11.3 Å². The quantitative estimate of drug-likeness (QED) is 0.514. The summed E-state index contributed by atoms with van der Waals surface area (Å²) in [7, 11) is 0. The van der Waals surface area contributed by atoms with E-state index in [9.17, 15) is 9.90 Å². The molecule has 26 heavy (non-hydrogen) atoms. The predicted octanol–water partition coefficient (Wildman–Crippen LogP) is 3.71. The number of aromatic amines is 1. The summed E-state index contributed by atoms with van der Waals surface area (Å²) in [4.78, 5) is 19.8. The number of aromatic hydroxyl groups is 1. The van der Waals surface area contributed by atoms with Gasteiger partial charge in [-0.05, 0) is 55.5 Å². The van der Waals surface area contributed by atoms with Gasteiger partial charge in [0.1, 0.15) is 10.4 Å². The summed E-state index contributed by atoms with van der Waals surface area (Å²) in [5.74, 6) is 0.186. The van der Waals surface area contributed by atoms with Crippen LogP contribution in [0.25, 0.3) is 32.1 Å². The van der Waals surface area contributed by atoms with E-state index < -0.39 is 0 Å². The Labute approximate surface area is 154 Å². The molecule has 0 amide bonds. The molecule has 0 aliphatic heterocycles. The fourth-order valence-corrected chi connectivity index (χ4v) is 4.17. The second-order valence-electron chi connectivity index (χ2n) is 6.39. The lowest BCUT2D eigenvalue weighted by Gasteiger charge is -2.13. The summed E-state index contributed by atoms with van der Waals surface area (Å²) in [6, 6.07) is 7.55. The first-order chi connectivity index (χ1) is 12.6. The van der Waals surface area contributed by atoms with Crippen LogP contribution in [0.3, 0.4) is 0 Å². The van der Waals surface area contributed by atoms with Crippen LogP contribution in [-0.2, 0) is 6.42 Å². The van der Waals surface area contributed by atoms with Gasteiger partial charge in [0.15, 0.2) is 0 Å². The summed E-state index contributed by atoms with van der Waals surface area (Å²) in [6.07, 6.45) is 3.50. The molecule has 0 aliphatic rings.